The quantitative estimate of drug-likeness (QED) is 0.525. The van der Waals surface area contributed by atoms with Crippen LogP contribution >= 0.6 is 15.9 Å². The molecule has 2 aliphatic rings. The molecule has 5 atom stereocenters. The molecule has 2 bridgehead atoms. The third kappa shape index (κ3) is 0.994. The fourth-order valence-corrected chi connectivity index (χ4v) is 3.61. The number of rotatable bonds is 1. The van der Waals surface area contributed by atoms with Gasteiger partial charge in [0, 0.05) is 4.83 Å². The summed E-state index contributed by atoms with van der Waals surface area (Å²) in [5, 5.41) is 9.62. The van der Waals surface area contributed by atoms with E-state index in [-0.39, 0.29) is 6.10 Å². The van der Waals surface area contributed by atoms with Crippen molar-refractivity contribution >= 4 is 15.9 Å². The predicted molar refractivity (Wildman–Crippen MR) is 48.6 cm³/mol. The van der Waals surface area contributed by atoms with Crippen molar-refractivity contribution in [3.8, 4) is 0 Å². The standard InChI is InChI=1S/C9H13BrO/c1-2-5-3-6-4-7(5)8(10)9(6)11/h2,5-9,11H,1,3-4H2. The Morgan fingerprint density at radius 3 is 2.64 bits per heavy atom. The fraction of sp³-hybridized carbons (Fsp3) is 0.778. The molecule has 1 nitrogen and oxygen atoms in total. The van der Waals surface area contributed by atoms with Crippen LogP contribution in [-0.4, -0.2) is 16.0 Å². The lowest BCUT2D eigenvalue weighted by atomic mass is 9.87. The van der Waals surface area contributed by atoms with Gasteiger partial charge < -0.3 is 5.11 Å². The zero-order valence-corrected chi connectivity index (χ0v) is 8.00. The molecule has 2 heteroatoms. The van der Waals surface area contributed by atoms with Crippen LogP contribution in [0, 0.1) is 17.8 Å². The monoisotopic (exact) mass is 216 g/mol. The molecule has 1 N–H and O–H groups in total. The Kier molecular flexibility index (Phi) is 1.84. The SMILES string of the molecule is C=CC1CC2CC1C(Br)C2O. The van der Waals surface area contributed by atoms with Crippen LogP contribution in [0.1, 0.15) is 12.8 Å². The molecule has 0 heterocycles. The molecule has 62 valence electrons. The summed E-state index contributed by atoms with van der Waals surface area (Å²) in [6.07, 6.45) is 4.28. The molecular weight excluding hydrogens is 204 g/mol. The lowest BCUT2D eigenvalue weighted by Crippen LogP contribution is -2.31. The van der Waals surface area contributed by atoms with Crippen molar-refractivity contribution in [1.29, 1.82) is 0 Å². The van der Waals surface area contributed by atoms with Crippen molar-refractivity contribution < 1.29 is 5.11 Å². The minimum atomic E-state index is -0.101. The summed E-state index contributed by atoms with van der Waals surface area (Å²) < 4.78 is 0. The van der Waals surface area contributed by atoms with Gasteiger partial charge in [0.1, 0.15) is 0 Å². The third-order valence-electron chi connectivity index (χ3n) is 3.22. The average molecular weight is 217 g/mol. The predicted octanol–water partition coefficient (Wildman–Crippen LogP) is 1.95. The molecule has 11 heavy (non-hydrogen) atoms. The molecule has 5 unspecified atom stereocenters. The van der Waals surface area contributed by atoms with E-state index in [2.05, 4.69) is 22.5 Å². The maximum atomic E-state index is 9.62. The molecule has 2 aliphatic carbocycles. The van der Waals surface area contributed by atoms with Crippen molar-refractivity contribution in [2.45, 2.75) is 23.8 Å². The Morgan fingerprint density at radius 1 is 1.45 bits per heavy atom. The van der Waals surface area contributed by atoms with E-state index >= 15 is 0 Å². The summed E-state index contributed by atoms with van der Waals surface area (Å²) in [5.41, 5.74) is 0. The van der Waals surface area contributed by atoms with Crippen LogP contribution in [0.3, 0.4) is 0 Å². The summed E-state index contributed by atoms with van der Waals surface area (Å²) in [7, 11) is 0. The molecule has 0 saturated heterocycles. The molecule has 0 radical (unpaired) electrons. The van der Waals surface area contributed by atoms with E-state index in [1.54, 1.807) is 0 Å². The lowest BCUT2D eigenvalue weighted by Gasteiger charge is -2.27. The van der Waals surface area contributed by atoms with Gasteiger partial charge in [0.2, 0.25) is 0 Å². The van der Waals surface area contributed by atoms with Crippen LogP contribution in [-0.2, 0) is 0 Å². The van der Waals surface area contributed by atoms with Gasteiger partial charge in [0.05, 0.1) is 6.10 Å². The third-order valence-corrected chi connectivity index (χ3v) is 4.44. The Labute approximate surface area is 75.6 Å². The van der Waals surface area contributed by atoms with Gasteiger partial charge in [-0.2, -0.15) is 0 Å². The van der Waals surface area contributed by atoms with Crippen LogP contribution < -0.4 is 0 Å². The van der Waals surface area contributed by atoms with Crippen LogP contribution in [0.2, 0.25) is 0 Å². The Bertz CT molecular complexity index is 178. The second kappa shape index (κ2) is 2.60. The van der Waals surface area contributed by atoms with E-state index in [4.69, 9.17) is 0 Å². The van der Waals surface area contributed by atoms with Crippen molar-refractivity contribution in [2.24, 2.45) is 17.8 Å². The number of aliphatic hydroxyl groups is 1. The van der Waals surface area contributed by atoms with Gasteiger partial charge >= 0.3 is 0 Å². The number of hydrogen-bond donors (Lipinski definition) is 1. The first-order valence-electron chi connectivity index (χ1n) is 4.18. The van der Waals surface area contributed by atoms with Gasteiger partial charge in [0.25, 0.3) is 0 Å². The fourth-order valence-electron chi connectivity index (χ4n) is 2.57. The van der Waals surface area contributed by atoms with E-state index in [1.165, 1.54) is 6.42 Å². The van der Waals surface area contributed by atoms with Crippen LogP contribution in [0.25, 0.3) is 0 Å². The summed E-state index contributed by atoms with van der Waals surface area (Å²) >= 11 is 3.54. The molecule has 0 amide bonds. The average Bonchev–Trinajstić information content (AvgIpc) is 2.53. The van der Waals surface area contributed by atoms with E-state index in [1.807, 2.05) is 6.08 Å². The normalized spacial score (nSPS) is 54.9. The molecule has 0 aromatic carbocycles. The Hall–Kier alpha value is 0.180. The van der Waals surface area contributed by atoms with Crippen molar-refractivity contribution in [2.75, 3.05) is 0 Å². The van der Waals surface area contributed by atoms with E-state index in [9.17, 15) is 5.11 Å². The zero-order valence-electron chi connectivity index (χ0n) is 6.41. The second-order valence-corrected chi connectivity index (χ2v) is 4.79. The highest BCUT2D eigenvalue weighted by molar-refractivity contribution is 9.09. The minimum absolute atomic E-state index is 0.101. The molecule has 0 spiro atoms. The highest BCUT2D eigenvalue weighted by Crippen LogP contribution is 2.51. The van der Waals surface area contributed by atoms with Gasteiger partial charge in [-0.1, -0.05) is 22.0 Å². The number of alkyl halides is 1. The second-order valence-electron chi connectivity index (χ2n) is 3.73. The summed E-state index contributed by atoms with van der Waals surface area (Å²) in [5.74, 6) is 1.83. The van der Waals surface area contributed by atoms with Crippen molar-refractivity contribution in [1.82, 2.24) is 0 Å². The largest absolute Gasteiger partial charge is 0.392 e. The number of allylic oxidation sites excluding steroid dienone is 1. The lowest BCUT2D eigenvalue weighted by molar-refractivity contribution is 0.111. The first kappa shape index (κ1) is 7.81. The van der Waals surface area contributed by atoms with Gasteiger partial charge in [-0.25, -0.2) is 0 Å². The smallest absolute Gasteiger partial charge is 0.0696 e. The molecule has 0 aromatic rings. The van der Waals surface area contributed by atoms with E-state index < -0.39 is 0 Å². The maximum absolute atomic E-state index is 9.62. The van der Waals surface area contributed by atoms with Crippen molar-refractivity contribution in [3.63, 3.8) is 0 Å². The molecular formula is C9H13BrO. The van der Waals surface area contributed by atoms with E-state index in [0.29, 0.717) is 22.6 Å². The van der Waals surface area contributed by atoms with Gasteiger partial charge in [-0.05, 0) is 30.6 Å². The zero-order chi connectivity index (χ0) is 8.01. The van der Waals surface area contributed by atoms with Crippen LogP contribution in [0.5, 0.6) is 0 Å². The maximum Gasteiger partial charge on any atom is 0.0696 e. The summed E-state index contributed by atoms with van der Waals surface area (Å²) in [4.78, 5) is 0.323. The van der Waals surface area contributed by atoms with Crippen LogP contribution in [0.4, 0.5) is 0 Å². The first-order valence-corrected chi connectivity index (χ1v) is 5.10. The topological polar surface area (TPSA) is 20.2 Å². The molecule has 2 saturated carbocycles. The molecule has 0 aromatic heterocycles. The number of aliphatic hydroxyl groups excluding tert-OH is 1. The Balaban J connectivity index is 2.15. The van der Waals surface area contributed by atoms with Crippen LogP contribution in [0.15, 0.2) is 12.7 Å². The number of fused-ring (bicyclic) bond motifs is 2. The van der Waals surface area contributed by atoms with Crippen molar-refractivity contribution in [3.05, 3.63) is 12.7 Å². The molecule has 2 rings (SSSR count). The first-order chi connectivity index (χ1) is 5.24. The number of hydrogen-bond acceptors (Lipinski definition) is 1. The molecule has 2 fully saturated rings. The minimum Gasteiger partial charge on any atom is -0.392 e. The van der Waals surface area contributed by atoms with Gasteiger partial charge in [-0.3, -0.25) is 0 Å². The summed E-state index contributed by atoms with van der Waals surface area (Å²) in [6.45, 7) is 3.82. The summed E-state index contributed by atoms with van der Waals surface area (Å²) in [6, 6.07) is 0. The highest BCUT2D eigenvalue weighted by Gasteiger charge is 2.49. The molecule has 0 aliphatic heterocycles. The van der Waals surface area contributed by atoms with Gasteiger partial charge in [-0.15, -0.1) is 6.58 Å². The number of halogens is 1. The van der Waals surface area contributed by atoms with E-state index in [0.717, 1.165) is 6.42 Å². The Morgan fingerprint density at radius 2 is 2.18 bits per heavy atom. The van der Waals surface area contributed by atoms with Gasteiger partial charge in [0.15, 0.2) is 0 Å². The highest BCUT2D eigenvalue weighted by atomic mass is 79.9.